The minimum absolute atomic E-state index is 0.00686. The molecule has 0 spiro atoms. The minimum Gasteiger partial charge on any atom is -0.477 e. The fourth-order valence-corrected chi connectivity index (χ4v) is 3.39. The van der Waals surface area contributed by atoms with E-state index in [0.29, 0.717) is 18.1 Å². The number of aromatic nitrogens is 1. The zero-order valence-electron chi connectivity index (χ0n) is 14.5. The van der Waals surface area contributed by atoms with Crippen LogP contribution in [0.3, 0.4) is 0 Å². The van der Waals surface area contributed by atoms with Gasteiger partial charge in [0.1, 0.15) is 16.3 Å². The highest BCUT2D eigenvalue weighted by molar-refractivity contribution is 7.90. The molecule has 0 bridgehead atoms. The van der Waals surface area contributed by atoms with E-state index in [1.165, 1.54) is 24.4 Å². The van der Waals surface area contributed by atoms with Crippen molar-refractivity contribution in [2.45, 2.75) is 24.3 Å². The second-order valence-corrected chi connectivity index (χ2v) is 8.84. The van der Waals surface area contributed by atoms with Crippen molar-refractivity contribution in [2.24, 2.45) is 5.92 Å². The first kappa shape index (κ1) is 19.6. The van der Waals surface area contributed by atoms with Crippen molar-refractivity contribution in [1.29, 1.82) is 0 Å². The highest BCUT2D eigenvalue weighted by atomic mass is 35.5. The molecule has 1 aromatic carbocycles. The van der Waals surface area contributed by atoms with Crippen molar-refractivity contribution in [3.05, 3.63) is 52.4 Å². The van der Waals surface area contributed by atoms with E-state index in [2.05, 4.69) is 10.3 Å². The summed E-state index contributed by atoms with van der Waals surface area (Å²) in [5, 5.41) is 2.83. The molecule has 0 atom stereocenters. The van der Waals surface area contributed by atoms with Crippen LogP contribution in [0, 0.1) is 11.7 Å². The summed E-state index contributed by atoms with van der Waals surface area (Å²) in [6, 6.07) is 5.18. The number of rotatable bonds is 7. The van der Waals surface area contributed by atoms with Crippen LogP contribution in [-0.2, 0) is 16.4 Å². The van der Waals surface area contributed by atoms with Gasteiger partial charge in [0, 0.05) is 19.0 Å². The Morgan fingerprint density at radius 3 is 2.74 bits per heavy atom. The van der Waals surface area contributed by atoms with Gasteiger partial charge in [0.05, 0.1) is 11.6 Å². The molecule has 0 saturated heterocycles. The predicted molar refractivity (Wildman–Crippen MR) is 98.1 cm³/mol. The molecule has 0 unspecified atom stereocenters. The molecule has 3 rings (SSSR count). The molecule has 9 heteroatoms. The highest BCUT2D eigenvalue weighted by Gasteiger charge is 2.24. The summed E-state index contributed by atoms with van der Waals surface area (Å²) in [5.41, 5.74) is 0.529. The van der Waals surface area contributed by atoms with E-state index in [0.717, 1.165) is 25.2 Å². The van der Waals surface area contributed by atoms with Gasteiger partial charge in [-0.1, -0.05) is 17.7 Å². The lowest BCUT2D eigenvalue weighted by molar-refractivity contribution is 0.0945. The van der Waals surface area contributed by atoms with Crippen LogP contribution in [0.1, 0.15) is 28.8 Å². The molecular weight excluding hydrogens is 395 g/mol. The normalized spacial score (nSPS) is 14.0. The maximum atomic E-state index is 14.0. The van der Waals surface area contributed by atoms with Gasteiger partial charge < -0.3 is 10.1 Å². The molecule has 1 aliphatic rings. The standard InChI is InChI=1S/C18H18ClFN2O4S/c1-27(24,25)15-5-4-12(8-14(15)20)9-22-17(23)16-13(19)6-7-21-18(16)26-10-11-2-3-11/h4-8,11H,2-3,9-10H2,1H3,(H,22,23). The van der Waals surface area contributed by atoms with E-state index < -0.39 is 21.6 Å². The number of benzene rings is 1. The number of hydrogen-bond donors (Lipinski definition) is 1. The summed E-state index contributed by atoms with van der Waals surface area (Å²) < 4.78 is 42.5. The fraction of sp³-hybridized carbons (Fsp3) is 0.333. The summed E-state index contributed by atoms with van der Waals surface area (Å²) in [4.78, 5) is 16.2. The van der Waals surface area contributed by atoms with Crippen LogP contribution >= 0.6 is 11.6 Å². The van der Waals surface area contributed by atoms with Crippen LogP contribution < -0.4 is 10.1 Å². The molecule has 1 fully saturated rings. The SMILES string of the molecule is CS(=O)(=O)c1ccc(CNC(=O)c2c(Cl)ccnc2OCC2CC2)cc1F. The van der Waals surface area contributed by atoms with Crippen molar-refractivity contribution < 1.29 is 22.3 Å². The summed E-state index contributed by atoms with van der Waals surface area (Å²) >= 11 is 6.13. The number of ether oxygens (including phenoxy) is 1. The van der Waals surface area contributed by atoms with Gasteiger partial charge in [-0.15, -0.1) is 0 Å². The Morgan fingerprint density at radius 1 is 1.37 bits per heavy atom. The zero-order valence-corrected chi connectivity index (χ0v) is 16.1. The first-order chi connectivity index (χ1) is 12.8. The molecule has 1 heterocycles. The Morgan fingerprint density at radius 2 is 2.11 bits per heavy atom. The average molecular weight is 413 g/mol. The lowest BCUT2D eigenvalue weighted by Crippen LogP contribution is -2.24. The number of carbonyl (C=O) groups excluding carboxylic acids is 1. The second kappa shape index (κ2) is 7.82. The number of nitrogens with one attached hydrogen (secondary N) is 1. The maximum absolute atomic E-state index is 14.0. The van der Waals surface area contributed by atoms with Gasteiger partial charge in [-0.3, -0.25) is 4.79 Å². The van der Waals surface area contributed by atoms with E-state index >= 15 is 0 Å². The third kappa shape index (κ3) is 4.95. The Kier molecular flexibility index (Phi) is 5.67. The molecule has 1 N–H and O–H groups in total. The van der Waals surface area contributed by atoms with Crippen LogP contribution in [-0.4, -0.2) is 32.2 Å². The molecule has 2 aromatic rings. The second-order valence-electron chi connectivity index (χ2n) is 6.45. The van der Waals surface area contributed by atoms with E-state index in [-0.39, 0.29) is 27.9 Å². The molecule has 27 heavy (non-hydrogen) atoms. The monoisotopic (exact) mass is 412 g/mol. The smallest absolute Gasteiger partial charge is 0.258 e. The predicted octanol–water partition coefficient (Wildman–Crippen LogP) is 3.00. The van der Waals surface area contributed by atoms with Crippen molar-refractivity contribution >= 4 is 27.3 Å². The molecule has 6 nitrogen and oxygen atoms in total. The Hall–Kier alpha value is -2.19. The third-order valence-electron chi connectivity index (χ3n) is 4.09. The summed E-state index contributed by atoms with van der Waals surface area (Å²) in [6.07, 6.45) is 4.58. The number of nitrogens with zero attached hydrogens (tertiary/aromatic N) is 1. The third-order valence-corrected chi connectivity index (χ3v) is 5.54. The van der Waals surface area contributed by atoms with Gasteiger partial charge in [-0.25, -0.2) is 17.8 Å². The molecule has 1 aromatic heterocycles. The zero-order chi connectivity index (χ0) is 19.6. The van der Waals surface area contributed by atoms with Crippen LogP contribution in [0.4, 0.5) is 4.39 Å². The van der Waals surface area contributed by atoms with E-state index in [1.807, 2.05) is 0 Å². The number of hydrogen-bond acceptors (Lipinski definition) is 5. The van der Waals surface area contributed by atoms with Gasteiger partial charge in [0.25, 0.3) is 5.91 Å². The van der Waals surface area contributed by atoms with Gasteiger partial charge >= 0.3 is 0 Å². The maximum Gasteiger partial charge on any atom is 0.258 e. The first-order valence-electron chi connectivity index (χ1n) is 8.29. The van der Waals surface area contributed by atoms with Crippen molar-refractivity contribution in [2.75, 3.05) is 12.9 Å². The lowest BCUT2D eigenvalue weighted by Gasteiger charge is -2.12. The van der Waals surface area contributed by atoms with Crippen molar-refractivity contribution in [3.63, 3.8) is 0 Å². The number of pyridine rings is 1. The van der Waals surface area contributed by atoms with Crippen LogP contribution in [0.25, 0.3) is 0 Å². The average Bonchev–Trinajstić information content (AvgIpc) is 3.41. The van der Waals surface area contributed by atoms with Gasteiger partial charge in [0.2, 0.25) is 5.88 Å². The molecule has 144 valence electrons. The minimum atomic E-state index is -3.65. The van der Waals surface area contributed by atoms with E-state index in [1.54, 1.807) is 0 Å². The molecule has 0 radical (unpaired) electrons. The molecule has 0 aliphatic heterocycles. The van der Waals surface area contributed by atoms with Crippen LogP contribution in [0.2, 0.25) is 5.02 Å². The molecule has 1 amide bonds. The largest absolute Gasteiger partial charge is 0.477 e. The Bertz CT molecular complexity index is 977. The van der Waals surface area contributed by atoms with Crippen molar-refractivity contribution in [1.82, 2.24) is 10.3 Å². The number of sulfone groups is 1. The van der Waals surface area contributed by atoms with Crippen LogP contribution in [0.15, 0.2) is 35.4 Å². The molecule has 1 aliphatic carbocycles. The van der Waals surface area contributed by atoms with Crippen molar-refractivity contribution in [3.8, 4) is 5.88 Å². The fourth-order valence-electron chi connectivity index (χ4n) is 2.44. The summed E-state index contributed by atoms with van der Waals surface area (Å²) in [6.45, 7) is 0.471. The van der Waals surface area contributed by atoms with Gasteiger partial charge in [-0.05, 0) is 42.5 Å². The quantitative estimate of drug-likeness (QED) is 0.755. The lowest BCUT2D eigenvalue weighted by atomic mass is 10.2. The van der Waals surface area contributed by atoms with Crippen LogP contribution in [0.5, 0.6) is 5.88 Å². The number of carbonyl (C=O) groups is 1. The first-order valence-corrected chi connectivity index (χ1v) is 10.6. The highest BCUT2D eigenvalue weighted by Crippen LogP contribution is 2.31. The van der Waals surface area contributed by atoms with E-state index in [9.17, 15) is 17.6 Å². The summed E-state index contributed by atoms with van der Waals surface area (Å²) in [7, 11) is -3.65. The molecular formula is C18H18ClFN2O4S. The number of amides is 1. The Balaban J connectivity index is 1.71. The number of halogens is 2. The van der Waals surface area contributed by atoms with Gasteiger partial charge in [0.15, 0.2) is 9.84 Å². The van der Waals surface area contributed by atoms with E-state index in [4.69, 9.17) is 16.3 Å². The topological polar surface area (TPSA) is 85.4 Å². The van der Waals surface area contributed by atoms with Gasteiger partial charge in [-0.2, -0.15) is 0 Å². The molecule has 1 saturated carbocycles. The summed E-state index contributed by atoms with van der Waals surface area (Å²) in [5.74, 6) is -0.729. The Labute approximate surface area is 161 Å².